The van der Waals surface area contributed by atoms with Gasteiger partial charge in [-0.1, -0.05) is 30.3 Å². The molecule has 5 rings (SSSR count). The first-order valence-corrected chi connectivity index (χ1v) is 12.5. The van der Waals surface area contributed by atoms with Crippen LogP contribution in [0.1, 0.15) is 18.4 Å². The van der Waals surface area contributed by atoms with Crippen molar-refractivity contribution in [2.24, 2.45) is 0 Å². The maximum atomic E-state index is 15.1. The van der Waals surface area contributed by atoms with Crippen LogP contribution in [0.2, 0.25) is 0 Å². The number of hydrogen-bond donors (Lipinski definition) is 0. The Bertz CT molecular complexity index is 1540. The van der Waals surface area contributed by atoms with Crippen molar-refractivity contribution in [1.29, 1.82) is 0 Å². The molecule has 0 spiro atoms. The Morgan fingerprint density at radius 2 is 1.62 bits per heavy atom. The van der Waals surface area contributed by atoms with Crippen LogP contribution in [0.25, 0.3) is 10.9 Å². The Kier molecular flexibility index (Phi) is 5.69. The van der Waals surface area contributed by atoms with Crippen LogP contribution in [0.4, 0.5) is 14.5 Å². The first kappa shape index (κ1) is 22.3. The third-order valence-corrected chi connectivity index (χ3v) is 7.91. The molecule has 1 saturated heterocycles. The largest absolute Gasteiger partial charge is 0.369 e. The minimum Gasteiger partial charge on any atom is -0.369 e. The first-order valence-electron chi connectivity index (χ1n) is 11.0. The van der Waals surface area contributed by atoms with E-state index in [1.807, 2.05) is 4.90 Å². The van der Waals surface area contributed by atoms with Gasteiger partial charge in [-0.3, -0.25) is 4.79 Å². The van der Waals surface area contributed by atoms with Crippen molar-refractivity contribution < 1.29 is 17.2 Å². The Morgan fingerprint density at radius 1 is 0.882 bits per heavy atom. The molecule has 0 atom stereocenters. The van der Waals surface area contributed by atoms with Crippen LogP contribution < -0.4 is 10.3 Å². The maximum Gasteiger partial charge on any atom is 0.211 e. The Balaban J connectivity index is 1.77. The SMILES string of the molecule is O=c1c(S(=O)(=O)c2ccccc2)cn(Cc2cccc(F)c2)c2cc(N3CCCC3)c(F)cc12. The lowest BCUT2D eigenvalue weighted by Gasteiger charge is -2.21. The van der Waals surface area contributed by atoms with Gasteiger partial charge in [-0.05, 0) is 54.8 Å². The van der Waals surface area contributed by atoms with Crippen molar-refractivity contribution >= 4 is 26.4 Å². The zero-order chi connectivity index (χ0) is 23.9. The lowest BCUT2D eigenvalue weighted by atomic mass is 10.1. The molecule has 0 amide bonds. The van der Waals surface area contributed by atoms with Crippen LogP contribution in [-0.4, -0.2) is 26.1 Å². The fraction of sp³-hybridized carbons (Fsp3) is 0.192. The highest BCUT2D eigenvalue weighted by Gasteiger charge is 2.25. The average Bonchev–Trinajstić information content (AvgIpc) is 3.36. The summed E-state index contributed by atoms with van der Waals surface area (Å²) in [5.41, 5.74) is 0.585. The van der Waals surface area contributed by atoms with Crippen LogP contribution in [0.3, 0.4) is 0 Å². The third kappa shape index (κ3) is 3.98. The van der Waals surface area contributed by atoms with Crippen molar-refractivity contribution in [1.82, 2.24) is 4.57 Å². The van der Waals surface area contributed by atoms with E-state index < -0.39 is 31.8 Å². The lowest BCUT2D eigenvalue weighted by molar-refractivity contribution is 0.593. The van der Waals surface area contributed by atoms with Crippen LogP contribution in [0.5, 0.6) is 0 Å². The van der Waals surface area contributed by atoms with E-state index in [9.17, 15) is 17.6 Å². The Morgan fingerprint density at radius 3 is 2.32 bits per heavy atom. The molecular formula is C26H22F2N2O3S. The lowest BCUT2D eigenvalue weighted by Crippen LogP contribution is -2.22. The third-order valence-electron chi connectivity index (χ3n) is 6.15. The zero-order valence-corrected chi connectivity index (χ0v) is 19.1. The van der Waals surface area contributed by atoms with Gasteiger partial charge in [0.2, 0.25) is 15.3 Å². The number of anilines is 1. The molecule has 1 aliphatic heterocycles. The topological polar surface area (TPSA) is 59.4 Å². The van der Waals surface area contributed by atoms with E-state index in [4.69, 9.17) is 0 Å². The van der Waals surface area contributed by atoms with Gasteiger partial charge in [-0.25, -0.2) is 17.2 Å². The van der Waals surface area contributed by atoms with E-state index in [1.54, 1.807) is 41.0 Å². The molecule has 1 fully saturated rings. The highest BCUT2D eigenvalue weighted by Crippen LogP contribution is 2.29. The minimum atomic E-state index is -4.16. The number of rotatable bonds is 5. The van der Waals surface area contributed by atoms with Gasteiger partial charge in [-0.2, -0.15) is 0 Å². The van der Waals surface area contributed by atoms with Gasteiger partial charge in [0, 0.05) is 25.8 Å². The van der Waals surface area contributed by atoms with E-state index in [0.29, 0.717) is 29.9 Å². The molecule has 4 aromatic rings. The molecule has 1 aromatic heterocycles. The van der Waals surface area contributed by atoms with Crippen molar-refractivity contribution in [3.05, 3.63) is 100 Å². The summed E-state index contributed by atoms with van der Waals surface area (Å²) in [5.74, 6) is -0.998. The van der Waals surface area contributed by atoms with Gasteiger partial charge >= 0.3 is 0 Å². The second kappa shape index (κ2) is 8.68. The summed E-state index contributed by atoms with van der Waals surface area (Å²) >= 11 is 0. The van der Waals surface area contributed by atoms with E-state index in [1.165, 1.54) is 30.5 Å². The highest BCUT2D eigenvalue weighted by atomic mass is 32.2. The smallest absolute Gasteiger partial charge is 0.211 e. The standard InChI is InChI=1S/C26H22F2N2O3S/c27-19-8-6-7-18(13-19)16-30-17-25(34(32,33)20-9-2-1-3-10-20)26(31)21-14-22(28)24(15-23(21)30)29-11-4-5-12-29/h1-3,6-10,13-15,17H,4-5,11-12,16H2. The van der Waals surface area contributed by atoms with Gasteiger partial charge < -0.3 is 9.47 Å². The molecule has 5 nitrogen and oxygen atoms in total. The van der Waals surface area contributed by atoms with Crippen LogP contribution >= 0.6 is 0 Å². The van der Waals surface area contributed by atoms with Gasteiger partial charge in [0.05, 0.1) is 21.5 Å². The summed E-state index contributed by atoms with van der Waals surface area (Å²) in [7, 11) is -4.16. The van der Waals surface area contributed by atoms with E-state index in [0.717, 1.165) is 18.9 Å². The summed E-state index contributed by atoms with van der Waals surface area (Å²) < 4.78 is 57.2. The molecule has 34 heavy (non-hydrogen) atoms. The van der Waals surface area contributed by atoms with Crippen molar-refractivity contribution in [3.8, 4) is 0 Å². The van der Waals surface area contributed by atoms with Gasteiger partial charge in [-0.15, -0.1) is 0 Å². The number of sulfone groups is 1. The average molecular weight is 481 g/mol. The van der Waals surface area contributed by atoms with E-state index in [2.05, 4.69) is 0 Å². The molecule has 2 heterocycles. The molecule has 0 N–H and O–H groups in total. The number of benzene rings is 3. The van der Waals surface area contributed by atoms with Crippen molar-refractivity contribution in [3.63, 3.8) is 0 Å². The second-order valence-electron chi connectivity index (χ2n) is 8.41. The number of nitrogens with zero attached hydrogens (tertiary/aromatic N) is 2. The molecule has 0 unspecified atom stereocenters. The molecule has 0 radical (unpaired) electrons. The molecule has 174 valence electrons. The summed E-state index contributed by atoms with van der Waals surface area (Å²) in [6.45, 7) is 1.52. The van der Waals surface area contributed by atoms with Gasteiger partial charge in [0.15, 0.2) is 0 Å². The Hall–Kier alpha value is -3.52. The van der Waals surface area contributed by atoms with Crippen LogP contribution in [0.15, 0.2) is 87.5 Å². The first-order chi connectivity index (χ1) is 16.3. The minimum absolute atomic E-state index is 0.0297. The predicted molar refractivity (Wildman–Crippen MR) is 127 cm³/mol. The van der Waals surface area contributed by atoms with Crippen molar-refractivity contribution in [2.75, 3.05) is 18.0 Å². The summed E-state index contributed by atoms with van der Waals surface area (Å²) in [6.07, 6.45) is 3.17. The molecule has 0 aliphatic carbocycles. The van der Waals surface area contributed by atoms with Gasteiger partial charge in [0.1, 0.15) is 16.5 Å². The summed E-state index contributed by atoms with van der Waals surface area (Å²) in [4.78, 5) is 14.8. The number of halogens is 2. The predicted octanol–water partition coefficient (Wildman–Crippen LogP) is 4.76. The second-order valence-corrected chi connectivity index (χ2v) is 10.3. The number of aromatic nitrogens is 1. The fourth-order valence-electron chi connectivity index (χ4n) is 4.45. The summed E-state index contributed by atoms with van der Waals surface area (Å²) in [5, 5.41) is -0.0335. The molecule has 8 heteroatoms. The normalized spacial score (nSPS) is 14.1. The molecule has 0 saturated carbocycles. The number of fused-ring (bicyclic) bond motifs is 1. The zero-order valence-electron chi connectivity index (χ0n) is 18.2. The molecular weight excluding hydrogens is 458 g/mol. The maximum absolute atomic E-state index is 15.1. The van der Waals surface area contributed by atoms with Crippen molar-refractivity contribution in [2.45, 2.75) is 29.2 Å². The molecule has 0 bridgehead atoms. The highest BCUT2D eigenvalue weighted by molar-refractivity contribution is 7.91. The molecule has 1 aliphatic rings. The van der Waals surface area contributed by atoms with Gasteiger partial charge in [0.25, 0.3) is 0 Å². The van der Waals surface area contributed by atoms with Crippen LogP contribution in [0, 0.1) is 11.6 Å². The quantitative estimate of drug-likeness (QED) is 0.413. The van der Waals surface area contributed by atoms with E-state index in [-0.39, 0.29) is 16.8 Å². The number of pyridine rings is 1. The summed E-state index contributed by atoms with van der Waals surface area (Å²) in [6, 6.07) is 16.3. The van der Waals surface area contributed by atoms with Crippen LogP contribution in [-0.2, 0) is 16.4 Å². The Labute approximate surface area is 195 Å². The fourth-order valence-corrected chi connectivity index (χ4v) is 5.84. The number of hydrogen-bond acceptors (Lipinski definition) is 4. The van der Waals surface area contributed by atoms with E-state index >= 15 is 4.39 Å². The molecule has 3 aromatic carbocycles. The monoisotopic (exact) mass is 480 g/mol.